The van der Waals surface area contributed by atoms with Crippen molar-refractivity contribution in [3.05, 3.63) is 54.1 Å². The molecule has 2 aromatic carbocycles. The highest BCUT2D eigenvalue weighted by atomic mass is 32.2. The second-order valence-electron chi connectivity index (χ2n) is 7.31. The lowest BCUT2D eigenvalue weighted by molar-refractivity contribution is -0.119. The van der Waals surface area contributed by atoms with Gasteiger partial charge in [0, 0.05) is 18.2 Å². The Kier molecular flexibility index (Phi) is 4.91. The van der Waals surface area contributed by atoms with Gasteiger partial charge in [-0.3, -0.25) is 9.10 Å². The van der Waals surface area contributed by atoms with Crippen LogP contribution in [-0.2, 0) is 21.2 Å². The second kappa shape index (κ2) is 7.35. The fourth-order valence-corrected chi connectivity index (χ4v) is 5.57. The number of sulfonamides is 1. The lowest BCUT2D eigenvalue weighted by atomic mass is 10.0. The van der Waals surface area contributed by atoms with E-state index in [4.69, 9.17) is 0 Å². The Morgan fingerprint density at radius 3 is 2.48 bits per heavy atom. The molecule has 0 radical (unpaired) electrons. The molecule has 6 heteroatoms. The number of nitrogens with zero attached hydrogens (tertiary/aromatic N) is 1. The lowest BCUT2D eigenvalue weighted by Gasteiger charge is -2.31. The van der Waals surface area contributed by atoms with E-state index in [0.717, 1.165) is 44.1 Å². The van der Waals surface area contributed by atoms with Crippen molar-refractivity contribution >= 4 is 27.3 Å². The molecule has 1 aliphatic carbocycles. The Labute approximate surface area is 160 Å². The molecule has 0 saturated heterocycles. The summed E-state index contributed by atoms with van der Waals surface area (Å²) in [6.07, 6.45) is 5.70. The summed E-state index contributed by atoms with van der Waals surface area (Å²) < 4.78 is 27.7. The smallest absolute Gasteiger partial charge is 0.264 e. The van der Waals surface area contributed by atoms with E-state index >= 15 is 0 Å². The molecule has 2 aliphatic rings. The van der Waals surface area contributed by atoms with Gasteiger partial charge in [0.25, 0.3) is 10.0 Å². The number of benzene rings is 2. The van der Waals surface area contributed by atoms with Crippen LogP contribution < -0.4 is 9.62 Å². The first-order valence-corrected chi connectivity index (χ1v) is 11.0. The highest BCUT2D eigenvalue weighted by Gasteiger charge is 2.29. The minimum Gasteiger partial charge on any atom is -0.326 e. The molecule has 5 nitrogen and oxygen atoms in total. The number of anilines is 2. The summed E-state index contributed by atoms with van der Waals surface area (Å²) in [4.78, 5) is 12.7. The first-order chi connectivity index (χ1) is 13.1. The van der Waals surface area contributed by atoms with E-state index in [1.165, 1.54) is 4.31 Å². The highest BCUT2D eigenvalue weighted by molar-refractivity contribution is 7.92. The molecule has 0 aromatic heterocycles. The van der Waals surface area contributed by atoms with Crippen molar-refractivity contribution in [1.82, 2.24) is 0 Å². The lowest BCUT2D eigenvalue weighted by Crippen LogP contribution is -2.35. The summed E-state index contributed by atoms with van der Waals surface area (Å²) in [5, 5.41) is 2.99. The van der Waals surface area contributed by atoms with E-state index in [9.17, 15) is 13.2 Å². The minimum atomic E-state index is -3.62. The fourth-order valence-electron chi connectivity index (χ4n) is 4.02. The van der Waals surface area contributed by atoms with E-state index in [2.05, 4.69) is 5.32 Å². The van der Waals surface area contributed by atoms with Crippen molar-refractivity contribution in [3.8, 4) is 0 Å². The maximum atomic E-state index is 13.1. The second-order valence-corrected chi connectivity index (χ2v) is 9.17. The number of carbonyl (C=O) groups is 1. The summed E-state index contributed by atoms with van der Waals surface area (Å²) >= 11 is 0. The molecule has 0 bridgehead atoms. The zero-order chi connectivity index (χ0) is 18.9. The average molecular weight is 385 g/mol. The Balaban J connectivity index is 1.64. The SMILES string of the molecule is O=C(Nc1ccc2c(c1)N(S(=O)(=O)c1ccccc1)CCC2)C1CCCC1. The van der Waals surface area contributed by atoms with Crippen LogP contribution >= 0.6 is 0 Å². The molecule has 1 aliphatic heterocycles. The van der Waals surface area contributed by atoms with Crippen LogP contribution in [0.25, 0.3) is 0 Å². The summed E-state index contributed by atoms with van der Waals surface area (Å²) in [5.74, 6) is 0.117. The normalized spacial score (nSPS) is 17.6. The van der Waals surface area contributed by atoms with Crippen LogP contribution in [0.2, 0.25) is 0 Å². The summed E-state index contributed by atoms with van der Waals surface area (Å²) in [6, 6.07) is 14.1. The highest BCUT2D eigenvalue weighted by Crippen LogP contribution is 2.34. The molecule has 1 fully saturated rings. The molecule has 1 amide bonds. The largest absolute Gasteiger partial charge is 0.326 e. The van der Waals surface area contributed by atoms with Crippen molar-refractivity contribution in [2.45, 2.75) is 43.4 Å². The van der Waals surface area contributed by atoms with Crippen LogP contribution in [0, 0.1) is 5.92 Å². The number of hydrogen-bond acceptors (Lipinski definition) is 3. The molecule has 1 heterocycles. The predicted octanol–water partition coefficient (Wildman–Crippen LogP) is 3.96. The number of carbonyl (C=O) groups excluding carboxylic acids is 1. The monoisotopic (exact) mass is 384 g/mol. The van der Waals surface area contributed by atoms with Crippen LogP contribution in [0.3, 0.4) is 0 Å². The molecule has 1 N–H and O–H groups in total. The first kappa shape index (κ1) is 18.0. The van der Waals surface area contributed by atoms with Crippen molar-refractivity contribution in [2.75, 3.05) is 16.2 Å². The third kappa shape index (κ3) is 3.58. The maximum absolute atomic E-state index is 13.1. The quantitative estimate of drug-likeness (QED) is 0.868. The molecule has 0 atom stereocenters. The summed E-state index contributed by atoms with van der Waals surface area (Å²) in [7, 11) is -3.62. The third-order valence-electron chi connectivity index (χ3n) is 5.49. The van der Waals surface area contributed by atoms with E-state index in [0.29, 0.717) is 22.8 Å². The molecular formula is C21H24N2O3S. The van der Waals surface area contributed by atoms with Gasteiger partial charge in [-0.15, -0.1) is 0 Å². The van der Waals surface area contributed by atoms with E-state index < -0.39 is 10.0 Å². The van der Waals surface area contributed by atoms with Gasteiger partial charge in [-0.05, 0) is 55.5 Å². The van der Waals surface area contributed by atoms with Crippen molar-refractivity contribution in [3.63, 3.8) is 0 Å². The standard InChI is InChI=1S/C21H24N2O3S/c24-21(17-7-4-5-8-17)22-18-13-12-16-9-6-14-23(20(16)15-18)27(25,26)19-10-2-1-3-11-19/h1-3,10-13,15,17H,4-9,14H2,(H,22,24). The van der Waals surface area contributed by atoms with Gasteiger partial charge < -0.3 is 5.32 Å². The Morgan fingerprint density at radius 1 is 1.00 bits per heavy atom. The van der Waals surface area contributed by atoms with Crippen molar-refractivity contribution in [1.29, 1.82) is 0 Å². The van der Waals surface area contributed by atoms with Gasteiger partial charge in [0.1, 0.15) is 0 Å². The van der Waals surface area contributed by atoms with Gasteiger partial charge >= 0.3 is 0 Å². The Hall–Kier alpha value is -2.34. The molecule has 4 rings (SSSR count). The zero-order valence-corrected chi connectivity index (χ0v) is 16.0. The number of fused-ring (bicyclic) bond motifs is 1. The summed E-state index contributed by atoms with van der Waals surface area (Å²) in [6.45, 7) is 0.449. The van der Waals surface area contributed by atoms with Crippen molar-refractivity contribution in [2.24, 2.45) is 5.92 Å². The Morgan fingerprint density at radius 2 is 1.74 bits per heavy atom. The zero-order valence-electron chi connectivity index (χ0n) is 15.2. The van der Waals surface area contributed by atoms with E-state index in [1.54, 1.807) is 30.3 Å². The number of nitrogens with one attached hydrogen (secondary N) is 1. The maximum Gasteiger partial charge on any atom is 0.264 e. The number of amides is 1. The van der Waals surface area contributed by atoms with Crippen LogP contribution in [-0.4, -0.2) is 20.9 Å². The average Bonchev–Trinajstić information content (AvgIpc) is 3.23. The fraction of sp³-hybridized carbons (Fsp3) is 0.381. The van der Waals surface area contributed by atoms with Gasteiger partial charge in [0.15, 0.2) is 0 Å². The summed E-state index contributed by atoms with van der Waals surface area (Å²) in [5.41, 5.74) is 2.34. The van der Waals surface area contributed by atoms with Crippen LogP contribution in [0.15, 0.2) is 53.4 Å². The number of hydrogen-bond donors (Lipinski definition) is 1. The molecule has 0 spiro atoms. The third-order valence-corrected chi connectivity index (χ3v) is 7.31. The number of aryl methyl sites for hydroxylation is 1. The van der Waals surface area contributed by atoms with Crippen LogP contribution in [0.4, 0.5) is 11.4 Å². The first-order valence-electron chi connectivity index (χ1n) is 9.57. The Bertz CT molecular complexity index is 935. The van der Waals surface area contributed by atoms with Gasteiger partial charge in [0.05, 0.1) is 10.6 Å². The minimum absolute atomic E-state index is 0.0423. The van der Waals surface area contributed by atoms with Crippen LogP contribution in [0.5, 0.6) is 0 Å². The molecule has 142 valence electrons. The number of rotatable bonds is 4. The molecule has 27 heavy (non-hydrogen) atoms. The van der Waals surface area contributed by atoms with Gasteiger partial charge in [-0.25, -0.2) is 8.42 Å². The molecule has 0 unspecified atom stereocenters. The predicted molar refractivity (Wildman–Crippen MR) is 106 cm³/mol. The van der Waals surface area contributed by atoms with Gasteiger partial charge in [0.2, 0.25) is 5.91 Å². The van der Waals surface area contributed by atoms with Crippen LogP contribution in [0.1, 0.15) is 37.7 Å². The molecule has 2 aromatic rings. The van der Waals surface area contributed by atoms with E-state index in [1.807, 2.05) is 18.2 Å². The van der Waals surface area contributed by atoms with Gasteiger partial charge in [-0.2, -0.15) is 0 Å². The molecule has 1 saturated carbocycles. The molecular weight excluding hydrogens is 360 g/mol. The van der Waals surface area contributed by atoms with Gasteiger partial charge in [-0.1, -0.05) is 37.1 Å². The van der Waals surface area contributed by atoms with Crippen molar-refractivity contribution < 1.29 is 13.2 Å². The topological polar surface area (TPSA) is 66.5 Å². The van der Waals surface area contributed by atoms with E-state index in [-0.39, 0.29) is 11.8 Å².